The summed E-state index contributed by atoms with van der Waals surface area (Å²) in [5, 5.41) is 7.09. The molecule has 9 nitrogen and oxygen atoms in total. The van der Waals surface area contributed by atoms with Crippen molar-refractivity contribution in [1.29, 1.82) is 0 Å². The molecule has 1 aliphatic heterocycles. The van der Waals surface area contributed by atoms with Crippen LogP contribution in [-0.2, 0) is 4.79 Å². The number of fused-ring (bicyclic) bond motifs is 1. The SMILES string of the molecule is COc1ccc(N2C[C@@H](NC(=O)c3cc(C(C)C)n4ncnc4n3)CC2=O)cc1. The minimum Gasteiger partial charge on any atom is -0.497 e. The van der Waals surface area contributed by atoms with Gasteiger partial charge >= 0.3 is 0 Å². The van der Waals surface area contributed by atoms with E-state index in [4.69, 9.17) is 4.74 Å². The number of amides is 2. The molecule has 1 aliphatic rings. The van der Waals surface area contributed by atoms with Gasteiger partial charge in [0.15, 0.2) is 0 Å². The summed E-state index contributed by atoms with van der Waals surface area (Å²) in [7, 11) is 1.59. The van der Waals surface area contributed by atoms with Crippen LogP contribution in [0.1, 0.15) is 42.4 Å². The fraction of sp³-hybridized carbons (Fsp3) is 0.350. The monoisotopic (exact) mass is 394 g/mol. The van der Waals surface area contributed by atoms with Crippen LogP contribution in [0.15, 0.2) is 36.7 Å². The number of nitrogens with zero attached hydrogens (tertiary/aromatic N) is 5. The Bertz CT molecular complexity index is 1060. The van der Waals surface area contributed by atoms with Crippen LogP contribution in [0, 0.1) is 0 Å². The molecular weight excluding hydrogens is 372 g/mol. The van der Waals surface area contributed by atoms with E-state index < -0.39 is 0 Å². The van der Waals surface area contributed by atoms with E-state index in [1.807, 2.05) is 26.0 Å². The second-order valence-electron chi connectivity index (χ2n) is 7.27. The van der Waals surface area contributed by atoms with Crippen LogP contribution in [0.2, 0.25) is 0 Å². The van der Waals surface area contributed by atoms with E-state index in [1.54, 1.807) is 34.7 Å². The van der Waals surface area contributed by atoms with E-state index in [1.165, 1.54) is 6.33 Å². The molecule has 1 N–H and O–H groups in total. The maximum atomic E-state index is 12.8. The van der Waals surface area contributed by atoms with Crippen LogP contribution in [0.5, 0.6) is 5.75 Å². The van der Waals surface area contributed by atoms with E-state index in [-0.39, 0.29) is 35.9 Å². The number of methoxy groups -OCH3 is 1. The van der Waals surface area contributed by atoms with Crippen molar-refractivity contribution in [2.24, 2.45) is 0 Å². The summed E-state index contributed by atoms with van der Waals surface area (Å²) in [4.78, 5) is 35.3. The summed E-state index contributed by atoms with van der Waals surface area (Å²) in [6.45, 7) is 4.43. The Kier molecular flexibility index (Phi) is 4.87. The minimum atomic E-state index is -0.327. The zero-order valence-corrected chi connectivity index (χ0v) is 16.5. The van der Waals surface area contributed by atoms with Gasteiger partial charge in [-0.15, -0.1) is 0 Å². The average molecular weight is 394 g/mol. The van der Waals surface area contributed by atoms with Gasteiger partial charge in [-0.05, 0) is 36.2 Å². The number of nitrogens with one attached hydrogen (secondary N) is 1. The van der Waals surface area contributed by atoms with Gasteiger partial charge in [0.25, 0.3) is 11.7 Å². The maximum absolute atomic E-state index is 12.8. The molecule has 0 radical (unpaired) electrons. The zero-order chi connectivity index (χ0) is 20.5. The van der Waals surface area contributed by atoms with Gasteiger partial charge in [-0.25, -0.2) is 9.50 Å². The molecule has 3 heterocycles. The minimum absolute atomic E-state index is 0.0378. The van der Waals surface area contributed by atoms with Crippen molar-refractivity contribution in [3.05, 3.63) is 48.0 Å². The van der Waals surface area contributed by atoms with Gasteiger partial charge in [0.1, 0.15) is 17.8 Å². The van der Waals surface area contributed by atoms with Gasteiger partial charge in [0.05, 0.1) is 18.8 Å². The third kappa shape index (κ3) is 3.63. The van der Waals surface area contributed by atoms with E-state index >= 15 is 0 Å². The van der Waals surface area contributed by atoms with Gasteiger partial charge < -0.3 is 15.0 Å². The highest BCUT2D eigenvalue weighted by molar-refractivity contribution is 5.98. The second-order valence-corrected chi connectivity index (χ2v) is 7.27. The summed E-state index contributed by atoms with van der Waals surface area (Å²) in [5.74, 6) is 0.883. The van der Waals surface area contributed by atoms with Crippen LogP contribution in [0.25, 0.3) is 5.78 Å². The lowest BCUT2D eigenvalue weighted by Gasteiger charge is -2.17. The molecule has 0 saturated carbocycles. The van der Waals surface area contributed by atoms with Crippen molar-refractivity contribution >= 4 is 23.3 Å². The lowest BCUT2D eigenvalue weighted by Crippen LogP contribution is -2.37. The summed E-state index contributed by atoms with van der Waals surface area (Å²) < 4.78 is 6.78. The van der Waals surface area contributed by atoms with E-state index in [2.05, 4.69) is 20.4 Å². The lowest BCUT2D eigenvalue weighted by molar-refractivity contribution is -0.117. The van der Waals surface area contributed by atoms with Crippen molar-refractivity contribution in [1.82, 2.24) is 24.9 Å². The molecule has 3 aromatic rings. The third-order valence-corrected chi connectivity index (χ3v) is 4.95. The smallest absolute Gasteiger partial charge is 0.270 e. The van der Waals surface area contributed by atoms with E-state index in [0.717, 1.165) is 17.1 Å². The quantitative estimate of drug-likeness (QED) is 0.708. The van der Waals surface area contributed by atoms with Crippen molar-refractivity contribution in [2.45, 2.75) is 32.2 Å². The molecule has 1 saturated heterocycles. The molecule has 0 unspecified atom stereocenters. The first kappa shape index (κ1) is 18.9. The Morgan fingerprint density at radius 2 is 2.03 bits per heavy atom. The molecule has 0 spiro atoms. The second kappa shape index (κ2) is 7.50. The van der Waals surface area contributed by atoms with Crippen molar-refractivity contribution in [3.63, 3.8) is 0 Å². The molecular formula is C20H22N6O3. The Labute approximate surface area is 167 Å². The zero-order valence-electron chi connectivity index (χ0n) is 16.5. The largest absolute Gasteiger partial charge is 0.497 e. The first-order chi connectivity index (χ1) is 14.0. The predicted octanol–water partition coefficient (Wildman–Crippen LogP) is 1.79. The predicted molar refractivity (Wildman–Crippen MR) is 106 cm³/mol. The molecule has 1 atom stereocenters. The van der Waals surface area contributed by atoms with Crippen LogP contribution < -0.4 is 15.0 Å². The first-order valence-corrected chi connectivity index (χ1v) is 9.42. The number of rotatable bonds is 5. The average Bonchev–Trinajstić information content (AvgIpc) is 3.33. The van der Waals surface area contributed by atoms with Crippen LogP contribution in [-0.4, -0.2) is 51.1 Å². The van der Waals surface area contributed by atoms with Gasteiger partial charge in [-0.3, -0.25) is 9.59 Å². The topological polar surface area (TPSA) is 102 Å². The number of carbonyl (C=O) groups is 2. The molecule has 0 bridgehead atoms. The Morgan fingerprint density at radius 1 is 1.28 bits per heavy atom. The standard InChI is InChI=1S/C20H22N6O3/c1-12(2)17-9-16(24-20-21-11-22-26(17)20)19(28)23-13-8-18(27)25(10-13)14-4-6-15(29-3)7-5-14/h4-7,9,11-13H,8,10H2,1-3H3,(H,23,28)/t13-/m0/s1. The summed E-state index contributed by atoms with van der Waals surface area (Å²) in [5.41, 5.74) is 1.89. The fourth-order valence-corrected chi connectivity index (χ4v) is 3.44. The van der Waals surface area contributed by atoms with Gasteiger partial charge in [-0.1, -0.05) is 13.8 Å². The molecule has 29 heavy (non-hydrogen) atoms. The molecule has 9 heteroatoms. The number of anilines is 1. The fourth-order valence-electron chi connectivity index (χ4n) is 3.44. The molecule has 1 fully saturated rings. The van der Waals surface area contributed by atoms with Gasteiger partial charge in [0.2, 0.25) is 5.91 Å². The number of hydrogen-bond acceptors (Lipinski definition) is 6. The molecule has 150 valence electrons. The highest BCUT2D eigenvalue weighted by Crippen LogP contribution is 2.24. The van der Waals surface area contributed by atoms with Crippen molar-refractivity contribution in [2.75, 3.05) is 18.6 Å². The normalized spacial score (nSPS) is 16.6. The highest BCUT2D eigenvalue weighted by Gasteiger charge is 2.32. The van der Waals surface area contributed by atoms with E-state index in [0.29, 0.717) is 12.3 Å². The summed E-state index contributed by atoms with van der Waals surface area (Å²) >= 11 is 0. The molecule has 2 amide bonds. The highest BCUT2D eigenvalue weighted by atomic mass is 16.5. The van der Waals surface area contributed by atoms with Crippen LogP contribution >= 0.6 is 0 Å². The van der Waals surface area contributed by atoms with Crippen LogP contribution in [0.3, 0.4) is 0 Å². The number of hydrogen-bond donors (Lipinski definition) is 1. The van der Waals surface area contributed by atoms with Gasteiger partial charge in [0, 0.05) is 18.7 Å². The molecule has 0 aliphatic carbocycles. The first-order valence-electron chi connectivity index (χ1n) is 9.42. The van der Waals surface area contributed by atoms with Crippen molar-refractivity contribution < 1.29 is 14.3 Å². The number of ether oxygens (including phenoxy) is 1. The van der Waals surface area contributed by atoms with Crippen LogP contribution in [0.4, 0.5) is 5.69 Å². The summed E-state index contributed by atoms with van der Waals surface area (Å²) in [6.07, 6.45) is 1.65. The Hall–Kier alpha value is -3.49. The molecule has 1 aromatic carbocycles. The number of carbonyl (C=O) groups excluding carboxylic acids is 2. The number of aromatic nitrogens is 4. The Morgan fingerprint density at radius 3 is 2.72 bits per heavy atom. The van der Waals surface area contributed by atoms with E-state index in [9.17, 15) is 9.59 Å². The lowest BCUT2D eigenvalue weighted by atomic mass is 10.1. The summed E-state index contributed by atoms with van der Waals surface area (Å²) in [6, 6.07) is 8.70. The third-order valence-electron chi connectivity index (χ3n) is 4.95. The van der Waals surface area contributed by atoms with Gasteiger partial charge in [-0.2, -0.15) is 10.1 Å². The Balaban J connectivity index is 1.50. The number of benzene rings is 1. The van der Waals surface area contributed by atoms with Crippen molar-refractivity contribution in [3.8, 4) is 5.75 Å². The molecule has 4 rings (SSSR count). The molecule has 2 aromatic heterocycles. The maximum Gasteiger partial charge on any atom is 0.270 e.